The van der Waals surface area contributed by atoms with Crippen molar-refractivity contribution in [3.8, 4) is 0 Å². The maximum absolute atomic E-state index is 12.0. The lowest BCUT2D eigenvalue weighted by molar-refractivity contribution is -0.137. The molecule has 1 N–H and O–H groups in total. The summed E-state index contributed by atoms with van der Waals surface area (Å²) in [6.07, 6.45) is 2.95. The van der Waals surface area contributed by atoms with Crippen LogP contribution in [0.4, 0.5) is 0 Å². The van der Waals surface area contributed by atoms with E-state index in [0.717, 1.165) is 0 Å². The fourth-order valence-corrected chi connectivity index (χ4v) is 2.21. The first-order chi connectivity index (χ1) is 8.20. The molecule has 0 amide bonds. The summed E-state index contributed by atoms with van der Waals surface area (Å²) in [6.45, 7) is 0. The number of hydrogen-bond donors (Lipinski definition) is 1. The fraction of sp³-hybridized carbons (Fsp3) is 0.0833. The number of rotatable bonds is 4. The molecule has 1 atom stereocenters. The summed E-state index contributed by atoms with van der Waals surface area (Å²) in [5.74, 6) is -2.74. The number of thiophene rings is 1. The third-order valence-corrected chi connectivity index (χ3v) is 3.18. The first kappa shape index (κ1) is 11.5. The number of hydrogen-bond acceptors (Lipinski definition) is 4. The number of carboxylic acid groups (broad SMARTS) is 1. The van der Waals surface area contributed by atoms with Gasteiger partial charge in [0, 0.05) is 12.4 Å². The molecule has 0 saturated carbocycles. The van der Waals surface area contributed by atoms with Gasteiger partial charge < -0.3 is 5.11 Å². The zero-order valence-corrected chi connectivity index (χ0v) is 9.55. The Bertz CT molecular complexity index is 522. The molecule has 86 valence electrons. The van der Waals surface area contributed by atoms with E-state index in [1.54, 1.807) is 29.6 Å². The predicted molar refractivity (Wildman–Crippen MR) is 63.3 cm³/mol. The maximum atomic E-state index is 12.0. The van der Waals surface area contributed by atoms with Gasteiger partial charge >= 0.3 is 5.97 Å². The molecule has 0 radical (unpaired) electrons. The average molecular weight is 247 g/mol. The van der Waals surface area contributed by atoms with Gasteiger partial charge in [0.2, 0.25) is 0 Å². The number of carbonyl (C=O) groups excluding carboxylic acids is 1. The Balaban J connectivity index is 2.37. The van der Waals surface area contributed by atoms with Crippen LogP contribution in [0.3, 0.4) is 0 Å². The lowest BCUT2D eigenvalue weighted by Crippen LogP contribution is -2.21. The summed E-state index contributed by atoms with van der Waals surface area (Å²) in [5, 5.41) is 10.9. The highest BCUT2D eigenvalue weighted by Crippen LogP contribution is 2.23. The number of aliphatic carboxylic acids is 1. The molecule has 0 fully saturated rings. The molecule has 0 saturated heterocycles. The van der Waals surface area contributed by atoms with Gasteiger partial charge in [-0.1, -0.05) is 12.1 Å². The number of carbonyl (C=O) groups is 2. The standard InChI is InChI=1S/C12H9NO3S/c14-11(9-4-2-6-17-9)10(12(15)16)8-3-1-5-13-7-8/h1-7,10H,(H,15,16). The number of nitrogens with zero attached hydrogens (tertiary/aromatic N) is 1. The van der Waals surface area contributed by atoms with E-state index in [-0.39, 0.29) is 0 Å². The molecule has 4 nitrogen and oxygen atoms in total. The largest absolute Gasteiger partial charge is 0.480 e. The summed E-state index contributed by atoms with van der Waals surface area (Å²) in [4.78, 5) is 27.5. The molecule has 0 bridgehead atoms. The van der Waals surface area contributed by atoms with Gasteiger partial charge in [0.15, 0.2) is 5.78 Å². The molecule has 17 heavy (non-hydrogen) atoms. The van der Waals surface area contributed by atoms with E-state index < -0.39 is 17.7 Å². The molecular weight excluding hydrogens is 238 g/mol. The van der Waals surface area contributed by atoms with Crippen LogP contribution >= 0.6 is 11.3 Å². The molecule has 2 heterocycles. The third-order valence-electron chi connectivity index (χ3n) is 2.29. The van der Waals surface area contributed by atoms with Gasteiger partial charge in [-0.3, -0.25) is 14.6 Å². The first-order valence-corrected chi connectivity index (χ1v) is 5.78. The zero-order valence-electron chi connectivity index (χ0n) is 8.74. The number of Topliss-reactive ketones (excluding diaryl/α,β-unsaturated/α-hetero) is 1. The van der Waals surface area contributed by atoms with E-state index in [0.29, 0.717) is 10.4 Å². The molecule has 0 aliphatic heterocycles. The van der Waals surface area contributed by atoms with Gasteiger partial charge in [-0.15, -0.1) is 11.3 Å². The highest BCUT2D eigenvalue weighted by Gasteiger charge is 2.29. The Labute approximate surface area is 102 Å². The van der Waals surface area contributed by atoms with Gasteiger partial charge in [-0.05, 0) is 23.1 Å². The van der Waals surface area contributed by atoms with Crippen molar-refractivity contribution in [3.05, 3.63) is 52.5 Å². The van der Waals surface area contributed by atoms with Crippen LogP contribution in [0.5, 0.6) is 0 Å². The van der Waals surface area contributed by atoms with Crippen LogP contribution in [0.25, 0.3) is 0 Å². The van der Waals surface area contributed by atoms with Crippen LogP contribution < -0.4 is 0 Å². The minimum Gasteiger partial charge on any atom is -0.480 e. The summed E-state index contributed by atoms with van der Waals surface area (Å²) in [6, 6.07) is 6.56. The summed E-state index contributed by atoms with van der Waals surface area (Å²) in [7, 11) is 0. The van der Waals surface area contributed by atoms with Crippen LogP contribution in [0.1, 0.15) is 21.2 Å². The van der Waals surface area contributed by atoms with Crippen LogP contribution in [-0.2, 0) is 4.79 Å². The van der Waals surface area contributed by atoms with Crippen LogP contribution in [0.2, 0.25) is 0 Å². The highest BCUT2D eigenvalue weighted by atomic mass is 32.1. The second-order valence-corrected chi connectivity index (χ2v) is 4.35. The van der Waals surface area contributed by atoms with E-state index in [1.807, 2.05) is 0 Å². The Hall–Kier alpha value is -2.01. The molecule has 1 unspecified atom stereocenters. The van der Waals surface area contributed by atoms with Crippen molar-refractivity contribution in [2.24, 2.45) is 0 Å². The topological polar surface area (TPSA) is 67.3 Å². The lowest BCUT2D eigenvalue weighted by Gasteiger charge is -2.09. The number of aromatic nitrogens is 1. The number of carboxylic acids is 1. The van der Waals surface area contributed by atoms with Crippen LogP contribution in [0, 0.1) is 0 Å². The van der Waals surface area contributed by atoms with Crippen LogP contribution in [0.15, 0.2) is 42.0 Å². The minimum absolute atomic E-state index is 0.401. The van der Waals surface area contributed by atoms with E-state index >= 15 is 0 Å². The summed E-state index contributed by atoms with van der Waals surface area (Å²) >= 11 is 1.24. The monoisotopic (exact) mass is 247 g/mol. The van der Waals surface area contributed by atoms with Crippen molar-refractivity contribution >= 4 is 23.1 Å². The molecular formula is C12H9NO3S. The van der Waals surface area contributed by atoms with E-state index in [1.165, 1.54) is 23.7 Å². The molecule has 0 aliphatic rings. The Morgan fingerprint density at radius 1 is 1.29 bits per heavy atom. The normalized spacial score (nSPS) is 12.0. The van der Waals surface area contributed by atoms with Crippen LogP contribution in [-0.4, -0.2) is 21.8 Å². The highest BCUT2D eigenvalue weighted by molar-refractivity contribution is 7.12. The van der Waals surface area contributed by atoms with E-state index in [2.05, 4.69) is 4.98 Å². The number of ketones is 1. The van der Waals surface area contributed by atoms with Gasteiger partial charge in [0.05, 0.1) is 4.88 Å². The summed E-state index contributed by atoms with van der Waals surface area (Å²) < 4.78 is 0. The molecule has 0 aromatic carbocycles. The van der Waals surface area contributed by atoms with Gasteiger partial charge in [-0.2, -0.15) is 0 Å². The molecule has 0 aliphatic carbocycles. The molecule has 2 aromatic rings. The van der Waals surface area contributed by atoms with Crippen molar-refractivity contribution in [1.29, 1.82) is 0 Å². The zero-order chi connectivity index (χ0) is 12.3. The quantitative estimate of drug-likeness (QED) is 0.664. The smallest absolute Gasteiger partial charge is 0.319 e. The van der Waals surface area contributed by atoms with E-state index in [9.17, 15) is 9.59 Å². The van der Waals surface area contributed by atoms with Crippen molar-refractivity contribution in [2.45, 2.75) is 5.92 Å². The second kappa shape index (κ2) is 4.88. The van der Waals surface area contributed by atoms with Crippen molar-refractivity contribution in [2.75, 3.05) is 0 Å². The fourth-order valence-electron chi connectivity index (χ4n) is 1.51. The third kappa shape index (κ3) is 2.39. The van der Waals surface area contributed by atoms with Gasteiger partial charge in [0.25, 0.3) is 0 Å². The molecule has 2 aromatic heterocycles. The van der Waals surface area contributed by atoms with Crippen molar-refractivity contribution in [3.63, 3.8) is 0 Å². The molecule has 5 heteroatoms. The second-order valence-electron chi connectivity index (χ2n) is 3.40. The first-order valence-electron chi connectivity index (χ1n) is 4.90. The molecule has 2 rings (SSSR count). The van der Waals surface area contributed by atoms with E-state index in [4.69, 9.17) is 5.11 Å². The van der Waals surface area contributed by atoms with Crippen molar-refractivity contribution in [1.82, 2.24) is 4.98 Å². The average Bonchev–Trinajstić information content (AvgIpc) is 2.83. The van der Waals surface area contributed by atoms with Crippen molar-refractivity contribution < 1.29 is 14.7 Å². The maximum Gasteiger partial charge on any atom is 0.319 e. The Kier molecular flexibility index (Phi) is 3.30. The predicted octanol–water partition coefficient (Wildman–Crippen LogP) is 2.19. The summed E-state index contributed by atoms with van der Waals surface area (Å²) in [5.41, 5.74) is 0.401. The Morgan fingerprint density at radius 3 is 2.65 bits per heavy atom. The Morgan fingerprint density at radius 2 is 2.12 bits per heavy atom. The lowest BCUT2D eigenvalue weighted by atomic mass is 9.95. The van der Waals surface area contributed by atoms with Gasteiger partial charge in [-0.25, -0.2) is 0 Å². The number of pyridine rings is 1. The molecule has 0 spiro atoms. The van der Waals surface area contributed by atoms with Gasteiger partial charge in [0.1, 0.15) is 5.92 Å². The minimum atomic E-state index is -1.18. The SMILES string of the molecule is O=C(O)C(C(=O)c1cccs1)c1cccnc1.